The molecule has 2 aromatic heterocycles. The third-order valence-electron chi connectivity index (χ3n) is 1.63. The highest BCUT2D eigenvalue weighted by atomic mass is 35.5. The molecule has 0 unspecified atom stereocenters. The lowest BCUT2D eigenvalue weighted by Crippen LogP contribution is -2.24. The largest absolute Gasteiger partial charge is 0.343 e. The molecule has 16 heavy (non-hydrogen) atoms. The molecule has 0 saturated carbocycles. The van der Waals surface area contributed by atoms with E-state index in [-0.39, 0.29) is 17.4 Å². The topological polar surface area (TPSA) is 109 Å². The molecule has 0 aliphatic carbocycles. The van der Waals surface area contributed by atoms with Gasteiger partial charge in [0.25, 0.3) is 5.91 Å². The van der Waals surface area contributed by atoms with Gasteiger partial charge in [-0.25, -0.2) is 4.98 Å². The van der Waals surface area contributed by atoms with Gasteiger partial charge >= 0.3 is 0 Å². The molecule has 0 fully saturated rings. The van der Waals surface area contributed by atoms with Crippen LogP contribution < -0.4 is 5.32 Å². The van der Waals surface area contributed by atoms with Gasteiger partial charge in [0.05, 0.1) is 18.9 Å². The summed E-state index contributed by atoms with van der Waals surface area (Å²) < 4.78 is 0. The van der Waals surface area contributed by atoms with E-state index in [1.54, 1.807) is 0 Å². The summed E-state index contributed by atoms with van der Waals surface area (Å²) in [5.74, 6) is -0.0249. The van der Waals surface area contributed by atoms with E-state index in [1.165, 1.54) is 12.4 Å². The monoisotopic (exact) mass is 239 g/mol. The van der Waals surface area contributed by atoms with Crippen molar-refractivity contribution in [2.24, 2.45) is 0 Å². The fourth-order valence-corrected chi connectivity index (χ4v) is 1.11. The van der Waals surface area contributed by atoms with Crippen molar-refractivity contribution in [2.45, 2.75) is 6.54 Å². The molecule has 2 rings (SSSR count). The summed E-state index contributed by atoms with van der Waals surface area (Å²) in [5.41, 5.74) is 0.135. The Morgan fingerprint density at radius 2 is 2.38 bits per heavy atom. The maximum absolute atomic E-state index is 11.5. The third-order valence-corrected chi connectivity index (χ3v) is 1.82. The number of nitrogens with zero attached hydrogens (tertiary/aromatic N) is 5. The third kappa shape index (κ3) is 2.48. The van der Waals surface area contributed by atoms with Gasteiger partial charge in [0.2, 0.25) is 0 Å². The zero-order valence-electron chi connectivity index (χ0n) is 7.88. The number of rotatable bonds is 3. The Labute approximate surface area is 94.4 Å². The standard InChI is InChI=1S/C7H6ClN7O/c8-5-2-9-1-4(11-5)7(16)10-3-6-12-14-15-13-6/h1-2H,3H2,(H,10,16)(H,12,13,14,15). The van der Waals surface area contributed by atoms with Crippen LogP contribution in [0.2, 0.25) is 5.15 Å². The van der Waals surface area contributed by atoms with Gasteiger partial charge in [-0.2, -0.15) is 5.21 Å². The fourth-order valence-electron chi connectivity index (χ4n) is 0.959. The Kier molecular flexibility index (Phi) is 3.01. The van der Waals surface area contributed by atoms with Crippen LogP contribution in [0.5, 0.6) is 0 Å². The molecule has 0 aromatic carbocycles. The first-order valence-electron chi connectivity index (χ1n) is 4.24. The van der Waals surface area contributed by atoms with Crippen LogP contribution in [0.4, 0.5) is 0 Å². The van der Waals surface area contributed by atoms with Crippen molar-refractivity contribution in [1.82, 2.24) is 35.9 Å². The number of H-pyrrole nitrogens is 1. The molecular formula is C7H6ClN7O. The highest BCUT2D eigenvalue weighted by Crippen LogP contribution is 2.02. The van der Waals surface area contributed by atoms with Crippen LogP contribution in [0.25, 0.3) is 0 Å². The van der Waals surface area contributed by atoms with Crippen LogP contribution in [-0.2, 0) is 6.54 Å². The molecule has 0 saturated heterocycles. The number of amides is 1. The Hall–Kier alpha value is -2.09. The molecule has 1 amide bonds. The van der Waals surface area contributed by atoms with Crippen LogP contribution in [-0.4, -0.2) is 36.5 Å². The second-order valence-corrected chi connectivity index (χ2v) is 3.12. The van der Waals surface area contributed by atoms with Gasteiger partial charge in [-0.05, 0) is 0 Å². The molecule has 2 aromatic rings. The smallest absolute Gasteiger partial charge is 0.271 e. The molecule has 0 atom stereocenters. The molecule has 0 radical (unpaired) electrons. The molecule has 2 N–H and O–H groups in total. The zero-order chi connectivity index (χ0) is 11.4. The normalized spacial score (nSPS) is 10.1. The number of aromatic amines is 1. The molecule has 2 heterocycles. The quantitative estimate of drug-likeness (QED) is 0.752. The SMILES string of the molecule is O=C(NCc1nn[nH]n1)c1cncc(Cl)n1. The lowest BCUT2D eigenvalue weighted by molar-refractivity contribution is 0.0944. The van der Waals surface area contributed by atoms with E-state index in [0.29, 0.717) is 5.82 Å². The second-order valence-electron chi connectivity index (χ2n) is 2.74. The summed E-state index contributed by atoms with van der Waals surface area (Å²) in [4.78, 5) is 19.1. The lowest BCUT2D eigenvalue weighted by atomic mass is 10.4. The summed E-state index contributed by atoms with van der Waals surface area (Å²) in [5, 5.41) is 15.7. The van der Waals surface area contributed by atoms with Gasteiger partial charge in [0, 0.05) is 0 Å². The van der Waals surface area contributed by atoms with Gasteiger partial charge in [0.15, 0.2) is 5.82 Å². The van der Waals surface area contributed by atoms with Gasteiger partial charge in [0.1, 0.15) is 10.8 Å². The first-order chi connectivity index (χ1) is 7.75. The van der Waals surface area contributed by atoms with E-state index in [9.17, 15) is 4.79 Å². The summed E-state index contributed by atoms with van der Waals surface area (Å²) in [6.07, 6.45) is 2.66. The van der Waals surface area contributed by atoms with Gasteiger partial charge in [-0.3, -0.25) is 9.78 Å². The van der Waals surface area contributed by atoms with Crippen molar-refractivity contribution in [3.63, 3.8) is 0 Å². The van der Waals surface area contributed by atoms with E-state index in [1.807, 2.05) is 0 Å². The van der Waals surface area contributed by atoms with Crippen molar-refractivity contribution in [3.8, 4) is 0 Å². The Morgan fingerprint density at radius 3 is 3.06 bits per heavy atom. The predicted octanol–water partition coefficient (Wildman–Crippen LogP) is -0.427. The van der Waals surface area contributed by atoms with Crippen LogP contribution in [0, 0.1) is 0 Å². The number of hydrogen-bond donors (Lipinski definition) is 2. The number of hydrogen-bond acceptors (Lipinski definition) is 6. The van der Waals surface area contributed by atoms with Crippen LogP contribution in [0.1, 0.15) is 16.3 Å². The highest BCUT2D eigenvalue weighted by molar-refractivity contribution is 6.29. The lowest BCUT2D eigenvalue weighted by Gasteiger charge is -2.00. The molecule has 9 heteroatoms. The zero-order valence-corrected chi connectivity index (χ0v) is 8.64. The maximum Gasteiger partial charge on any atom is 0.271 e. The van der Waals surface area contributed by atoms with E-state index in [2.05, 4.69) is 35.9 Å². The average Bonchev–Trinajstić information content (AvgIpc) is 2.78. The molecule has 8 nitrogen and oxygen atoms in total. The molecule has 0 aliphatic heterocycles. The van der Waals surface area contributed by atoms with Crippen molar-refractivity contribution >= 4 is 17.5 Å². The van der Waals surface area contributed by atoms with Gasteiger partial charge < -0.3 is 5.32 Å². The van der Waals surface area contributed by atoms with Crippen LogP contribution in [0.3, 0.4) is 0 Å². The van der Waals surface area contributed by atoms with Gasteiger partial charge in [-0.15, -0.1) is 10.2 Å². The highest BCUT2D eigenvalue weighted by Gasteiger charge is 2.09. The van der Waals surface area contributed by atoms with Crippen LogP contribution >= 0.6 is 11.6 Å². The number of nitrogens with one attached hydrogen (secondary N) is 2. The van der Waals surface area contributed by atoms with Crippen molar-refractivity contribution in [3.05, 3.63) is 29.1 Å². The number of tetrazole rings is 1. The van der Waals surface area contributed by atoms with Crippen LogP contribution in [0.15, 0.2) is 12.4 Å². The summed E-state index contributed by atoms with van der Waals surface area (Å²) >= 11 is 5.60. The Bertz CT molecular complexity index is 485. The second kappa shape index (κ2) is 4.62. The number of carbonyl (C=O) groups is 1. The summed E-state index contributed by atoms with van der Waals surface area (Å²) in [7, 11) is 0. The van der Waals surface area contributed by atoms with Gasteiger partial charge in [-0.1, -0.05) is 16.8 Å². The fraction of sp³-hybridized carbons (Fsp3) is 0.143. The average molecular weight is 240 g/mol. The molecule has 0 aliphatic rings. The first-order valence-corrected chi connectivity index (χ1v) is 4.61. The predicted molar refractivity (Wildman–Crippen MR) is 52.4 cm³/mol. The van der Waals surface area contributed by atoms with E-state index >= 15 is 0 Å². The number of aromatic nitrogens is 6. The van der Waals surface area contributed by atoms with E-state index < -0.39 is 5.91 Å². The van der Waals surface area contributed by atoms with Crippen molar-refractivity contribution < 1.29 is 4.79 Å². The molecule has 0 bridgehead atoms. The summed E-state index contributed by atoms with van der Waals surface area (Å²) in [6.45, 7) is 0.156. The Morgan fingerprint density at radius 1 is 1.50 bits per heavy atom. The number of carbonyl (C=O) groups excluding carboxylic acids is 1. The molecular weight excluding hydrogens is 234 g/mol. The minimum absolute atomic E-state index is 0.135. The van der Waals surface area contributed by atoms with E-state index in [0.717, 1.165) is 0 Å². The van der Waals surface area contributed by atoms with Crippen molar-refractivity contribution in [2.75, 3.05) is 0 Å². The Balaban J connectivity index is 1.98. The molecule has 0 spiro atoms. The minimum Gasteiger partial charge on any atom is -0.343 e. The first kappa shape index (κ1) is 10.4. The number of halogens is 1. The molecule has 82 valence electrons. The minimum atomic E-state index is -0.403. The maximum atomic E-state index is 11.5. The van der Waals surface area contributed by atoms with Crippen molar-refractivity contribution in [1.29, 1.82) is 0 Å². The van der Waals surface area contributed by atoms with E-state index in [4.69, 9.17) is 11.6 Å². The summed E-state index contributed by atoms with van der Waals surface area (Å²) in [6, 6.07) is 0.